The summed E-state index contributed by atoms with van der Waals surface area (Å²) in [6.07, 6.45) is 0.912. The maximum atomic E-state index is 12.0. The summed E-state index contributed by atoms with van der Waals surface area (Å²) in [7, 11) is 0. The molecule has 2 heterocycles. The van der Waals surface area contributed by atoms with E-state index in [0.717, 1.165) is 55.4 Å². The second kappa shape index (κ2) is 8.71. The number of benzene rings is 2. The van der Waals surface area contributed by atoms with Crippen molar-refractivity contribution in [3.63, 3.8) is 0 Å². The van der Waals surface area contributed by atoms with Crippen LogP contribution in [0.25, 0.3) is 11.4 Å². The Kier molecular flexibility index (Phi) is 5.86. The summed E-state index contributed by atoms with van der Waals surface area (Å²) >= 11 is 0. The predicted octanol–water partition coefficient (Wildman–Crippen LogP) is 3.49. The molecule has 1 aromatic heterocycles. The topological polar surface area (TPSA) is 73.4 Å². The lowest BCUT2D eigenvalue weighted by Crippen LogP contribution is -2.26. The van der Waals surface area contributed by atoms with Gasteiger partial charge in [0.05, 0.1) is 11.8 Å². The number of imidazole rings is 1. The summed E-state index contributed by atoms with van der Waals surface area (Å²) in [5.41, 5.74) is 9.22. The first-order chi connectivity index (χ1) is 14.5. The van der Waals surface area contributed by atoms with Crippen LogP contribution in [0.1, 0.15) is 35.6 Å². The van der Waals surface area contributed by atoms with Crippen molar-refractivity contribution in [1.82, 2.24) is 14.5 Å². The minimum Gasteiger partial charge on any atom is -0.491 e. The fourth-order valence-electron chi connectivity index (χ4n) is 3.96. The van der Waals surface area contributed by atoms with E-state index in [2.05, 4.69) is 26.6 Å². The van der Waals surface area contributed by atoms with Gasteiger partial charge in [0, 0.05) is 38.2 Å². The molecule has 0 aliphatic carbocycles. The van der Waals surface area contributed by atoms with Gasteiger partial charge in [0.15, 0.2) is 0 Å². The normalized spacial score (nSPS) is 14.4. The molecule has 2 aromatic carbocycles. The maximum absolute atomic E-state index is 12.0. The average molecular weight is 405 g/mol. The number of carbonyl (C=O) groups is 1. The fraction of sp³-hybridized carbons (Fsp3) is 0.333. The van der Waals surface area contributed by atoms with Crippen molar-refractivity contribution in [3.8, 4) is 17.1 Å². The fourth-order valence-corrected chi connectivity index (χ4v) is 3.96. The lowest BCUT2D eigenvalue weighted by Gasteiger charge is -2.20. The van der Waals surface area contributed by atoms with E-state index < -0.39 is 5.91 Å². The second-order valence-electron chi connectivity index (χ2n) is 7.95. The molecule has 6 nitrogen and oxygen atoms in total. The highest BCUT2D eigenvalue weighted by molar-refractivity contribution is 5.93. The van der Waals surface area contributed by atoms with Gasteiger partial charge in [-0.2, -0.15) is 0 Å². The van der Waals surface area contributed by atoms with Crippen molar-refractivity contribution in [2.45, 2.75) is 39.5 Å². The molecule has 0 atom stereocenters. The minimum atomic E-state index is -0.463. The average Bonchev–Trinajstić information content (AvgIpc) is 2.98. The quantitative estimate of drug-likeness (QED) is 0.683. The molecule has 0 unspecified atom stereocenters. The monoisotopic (exact) mass is 404 g/mol. The number of nitrogens with zero attached hydrogens (tertiary/aromatic N) is 3. The molecular formula is C24H28N4O2. The minimum absolute atomic E-state index is 0.170. The molecule has 0 saturated heterocycles. The van der Waals surface area contributed by atoms with Gasteiger partial charge in [0.25, 0.3) is 5.91 Å². The van der Waals surface area contributed by atoms with Crippen LogP contribution in [0.5, 0.6) is 5.75 Å². The number of nitrogens with two attached hydrogens (primary N) is 1. The van der Waals surface area contributed by atoms with Crippen LogP contribution in [0.2, 0.25) is 0 Å². The Balaban J connectivity index is 1.52. The van der Waals surface area contributed by atoms with Crippen LogP contribution in [0.3, 0.4) is 0 Å². The van der Waals surface area contributed by atoms with E-state index in [-0.39, 0.29) is 6.10 Å². The molecule has 0 saturated carbocycles. The van der Waals surface area contributed by atoms with Gasteiger partial charge in [-0.25, -0.2) is 4.98 Å². The number of fused-ring (bicyclic) bond motifs is 1. The van der Waals surface area contributed by atoms with Crippen LogP contribution >= 0.6 is 0 Å². The Bertz CT molecular complexity index is 1010. The van der Waals surface area contributed by atoms with Crippen LogP contribution in [0, 0.1) is 0 Å². The first-order valence-corrected chi connectivity index (χ1v) is 10.4. The lowest BCUT2D eigenvalue weighted by atomic mass is 10.2. The molecule has 0 spiro atoms. The van der Waals surface area contributed by atoms with Crippen LogP contribution in [-0.2, 0) is 19.5 Å². The maximum Gasteiger partial charge on any atom is 0.269 e. The molecule has 2 N–H and O–H groups in total. The molecule has 0 bridgehead atoms. The smallest absolute Gasteiger partial charge is 0.269 e. The molecule has 4 rings (SSSR count). The largest absolute Gasteiger partial charge is 0.491 e. The molecule has 6 heteroatoms. The number of rotatable bonds is 6. The van der Waals surface area contributed by atoms with Crippen molar-refractivity contribution in [2.24, 2.45) is 5.73 Å². The molecule has 1 aliphatic heterocycles. The lowest BCUT2D eigenvalue weighted by molar-refractivity contribution is 0.0995. The van der Waals surface area contributed by atoms with Gasteiger partial charge in [0.1, 0.15) is 17.3 Å². The van der Waals surface area contributed by atoms with Gasteiger partial charge >= 0.3 is 0 Å². The van der Waals surface area contributed by atoms with E-state index in [0.29, 0.717) is 5.69 Å². The Morgan fingerprint density at radius 2 is 1.80 bits per heavy atom. The number of hydrogen-bond acceptors (Lipinski definition) is 4. The van der Waals surface area contributed by atoms with E-state index in [1.807, 2.05) is 56.3 Å². The van der Waals surface area contributed by atoms with E-state index in [4.69, 9.17) is 10.5 Å². The van der Waals surface area contributed by atoms with Crippen molar-refractivity contribution in [3.05, 3.63) is 71.5 Å². The standard InChI is InChI=1S/C24H28N4O2/c1-17(2)30-20-10-8-18(9-11-20)16-27-13-12-21-22(23(25)29)26-24(28(21)15-14-27)19-6-4-3-5-7-19/h3-11,17H,12-16H2,1-2H3,(H2,25,29). The van der Waals surface area contributed by atoms with Crippen molar-refractivity contribution >= 4 is 5.91 Å². The molecule has 3 aromatic rings. The first-order valence-electron chi connectivity index (χ1n) is 10.4. The van der Waals surface area contributed by atoms with Crippen LogP contribution in [-0.4, -0.2) is 39.6 Å². The van der Waals surface area contributed by atoms with Crippen LogP contribution in [0.15, 0.2) is 54.6 Å². The van der Waals surface area contributed by atoms with Crippen LogP contribution < -0.4 is 10.5 Å². The van der Waals surface area contributed by atoms with Gasteiger partial charge in [-0.1, -0.05) is 42.5 Å². The predicted molar refractivity (Wildman–Crippen MR) is 117 cm³/mol. The number of carbonyl (C=O) groups excluding carboxylic acids is 1. The summed E-state index contributed by atoms with van der Waals surface area (Å²) in [4.78, 5) is 19.0. The zero-order valence-corrected chi connectivity index (χ0v) is 17.5. The zero-order chi connectivity index (χ0) is 21.1. The summed E-state index contributed by atoms with van der Waals surface area (Å²) in [5.74, 6) is 1.25. The third-order valence-corrected chi connectivity index (χ3v) is 5.34. The van der Waals surface area contributed by atoms with Gasteiger partial charge in [0.2, 0.25) is 0 Å². The molecule has 0 fully saturated rings. The first kappa shape index (κ1) is 20.2. The Morgan fingerprint density at radius 1 is 1.07 bits per heavy atom. The Labute approximate surface area is 177 Å². The van der Waals surface area contributed by atoms with E-state index in [1.54, 1.807) is 0 Å². The zero-order valence-electron chi connectivity index (χ0n) is 17.5. The molecule has 30 heavy (non-hydrogen) atoms. The summed E-state index contributed by atoms with van der Waals surface area (Å²) < 4.78 is 7.90. The number of amides is 1. The summed E-state index contributed by atoms with van der Waals surface area (Å²) in [6.45, 7) is 7.41. The van der Waals surface area contributed by atoms with Gasteiger partial charge in [-0.3, -0.25) is 9.69 Å². The summed E-state index contributed by atoms with van der Waals surface area (Å²) in [5, 5.41) is 0. The Hall–Kier alpha value is -3.12. The van der Waals surface area contributed by atoms with E-state index in [1.165, 1.54) is 5.56 Å². The number of ether oxygens (including phenoxy) is 1. The number of primary amides is 1. The molecule has 1 amide bonds. The van der Waals surface area contributed by atoms with E-state index >= 15 is 0 Å². The molecule has 0 radical (unpaired) electrons. The second-order valence-corrected chi connectivity index (χ2v) is 7.95. The van der Waals surface area contributed by atoms with Gasteiger partial charge in [-0.05, 0) is 31.5 Å². The highest BCUT2D eigenvalue weighted by Crippen LogP contribution is 2.25. The SMILES string of the molecule is CC(C)Oc1ccc(CN2CCc3c(C(N)=O)nc(-c4ccccc4)n3CC2)cc1. The molecule has 1 aliphatic rings. The highest BCUT2D eigenvalue weighted by Gasteiger charge is 2.24. The third-order valence-electron chi connectivity index (χ3n) is 5.34. The Morgan fingerprint density at radius 3 is 2.47 bits per heavy atom. The van der Waals surface area contributed by atoms with E-state index in [9.17, 15) is 4.79 Å². The van der Waals surface area contributed by atoms with Gasteiger partial charge < -0.3 is 15.0 Å². The number of hydrogen-bond donors (Lipinski definition) is 1. The molecular weight excluding hydrogens is 376 g/mol. The van der Waals surface area contributed by atoms with Gasteiger partial charge in [-0.15, -0.1) is 0 Å². The third kappa shape index (κ3) is 4.39. The van der Waals surface area contributed by atoms with Crippen molar-refractivity contribution in [2.75, 3.05) is 13.1 Å². The molecule has 156 valence electrons. The summed E-state index contributed by atoms with van der Waals surface area (Å²) in [6, 6.07) is 18.3. The number of aromatic nitrogens is 2. The van der Waals surface area contributed by atoms with Crippen molar-refractivity contribution in [1.29, 1.82) is 0 Å². The highest BCUT2D eigenvalue weighted by atomic mass is 16.5. The van der Waals surface area contributed by atoms with Crippen LogP contribution in [0.4, 0.5) is 0 Å². The van der Waals surface area contributed by atoms with Crippen molar-refractivity contribution < 1.29 is 9.53 Å².